The van der Waals surface area contributed by atoms with Gasteiger partial charge in [-0.3, -0.25) is 14.7 Å². The summed E-state index contributed by atoms with van der Waals surface area (Å²) in [6, 6.07) is 8.38. The fourth-order valence-corrected chi connectivity index (χ4v) is 5.74. The van der Waals surface area contributed by atoms with Crippen LogP contribution in [0.3, 0.4) is 0 Å². The number of carbonyl (C=O) groups excluding carboxylic acids is 1. The number of carbonyl (C=O) groups is 1. The highest BCUT2D eigenvalue weighted by molar-refractivity contribution is 7.99. The third kappa shape index (κ3) is 2.56. The van der Waals surface area contributed by atoms with E-state index < -0.39 is 0 Å². The van der Waals surface area contributed by atoms with Crippen LogP contribution in [0.1, 0.15) is 30.4 Å². The number of benzene rings is 1. The third-order valence-corrected chi connectivity index (χ3v) is 7.50. The van der Waals surface area contributed by atoms with Gasteiger partial charge in [0, 0.05) is 40.8 Å². The fourth-order valence-electron chi connectivity index (χ4n) is 4.55. The molecule has 1 amide bonds. The summed E-state index contributed by atoms with van der Waals surface area (Å²) >= 11 is 1.92. The molecule has 7 heteroatoms. The Morgan fingerprint density at radius 3 is 2.97 bits per heavy atom. The van der Waals surface area contributed by atoms with E-state index in [1.807, 2.05) is 35.0 Å². The van der Waals surface area contributed by atoms with Crippen LogP contribution in [0.15, 0.2) is 36.7 Å². The molecule has 1 unspecified atom stereocenters. The number of pyridine rings is 1. The molecule has 3 aliphatic rings. The molecule has 1 aromatic carbocycles. The Labute approximate surface area is 173 Å². The van der Waals surface area contributed by atoms with Crippen LogP contribution < -0.4 is 10.2 Å². The van der Waals surface area contributed by atoms with Crippen LogP contribution in [0.25, 0.3) is 10.9 Å². The highest BCUT2D eigenvalue weighted by Gasteiger charge is 2.61. The second kappa shape index (κ2) is 6.16. The predicted molar refractivity (Wildman–Crippen MR) is 116 cm³/mol. The Kier molecular flexibility index (Phi) is 3.66. The van der Waals surface area contributed by atoms with Gasteiger partial charge in [-0.2, -0.15) is 16.7 Å². The van der Waals surface area contributed by atoms with E-state index >= 15 is 0 Å². The predicted octanol–water partition coefficient (Wildman–Crippen LogP) is 3.96. The van der Waals surface area contributed by atoms with Crippen molar-refractivity contribution in [1.29, 1.82) is 0 Å². The van der Waals surface area contributed by atoms with Gasteiger partial charge in [0.2, 0.25) is 11.9 Å². The molecule has 4 heterocycles. The number of hydrogen-bond donors (Lipinski definition) is 1. The number of amides is 1. The molecule has 6 nitrogen and oxygen atoms in total. The van der Waals surface area contributed by atoms with Crippen LogP contribution in [0.5, 0.6) is 0 Å². The summed E-state index contributed by atoms with van der Waals surface area (Å²) < 4.78 is 0. The maximum atomic E-state index is 13.2. The minimum absolute atomic E-state index is 0.236. The zero-order valence-electron chi connectivity index (χ0n) is 16.2. The molecular weight excluding hydrogens is 382 g/mol. The first-order valence-corrected chi connectivity index (χ1v) is 11.2. The monoisotopic (exact) mass is 403 g/mol. The van der Waals surface area contributed by atoms with Gasteiger partial charge in [-0.25, -0.2) is 4.98 Å². The Morgan fingerprint density at radius 1 is 1.28 bits per heavy atom. The van der Waals surface area contributed by atoms with Crippen molar-refractivity contribution in [2.24, 2.45) is 0 Å². The van der Waals surface area contributed by atoms with E-state index in [1.165, 1.54) is 0 Å². The first-order valence-electron chi connectivity index (χ1n) is 10.1. The SMILES string of the molecule is Cc1cc2ncccc2cc1Nc1ncc2c(n1)N(C1CCSC1)C(=O)C21CC1. The number of nitrogens with one attached hydrogen (secondary N) is 1. The van der Waals surface area contributed by atoms with E-state index in [0.29, 0.717) is 5.95 Å². The number of aryl methyl sites for hydroxylation is 1. The van der Waals surface area contributed by atoms with Crippen molar-refractivity contribution < 1.29 is 4.79 Å². The standard InChI is InChI=1S/C22H21N5OS/c1-13-9-18-14(3-2-7-23-18)10-17(13)25-21-24-11-16-19(26-21)27(15-4-8-29-12-15)20(28)22(16)5-6-22/h2-3,7,9-11,15H,4-6,8,12H2,1H3,(H,24,25,26). The van der Waals surface area contributed by atoms with Crippen molar-refractivity contribution in [3.05, 3.63) is 47.8 Å². The Bertz CT molecular complexity index is 1150. The summed E-state index contributed by atoms with van der Waals surface area (Å²) in [5, 5.41) is 4.44. The average molecular weight is 404 g/mol. The van der Waals surface area contributed by atoms with E-state index in [2.05, 4.69) is 34.3 Å². The molecule has 1 saturated carbocycles. The summed E-state index contributed by atoms with van der Waals surface area (Å²) in [5.41, 5.74) is 3.69. The molecule has 146 valence electrons. The van der Waals surface area contributed by atoms with Gasteiger partial charge in [0.15, 0.2) is 0 Å². The fraction of sp³-hybridized carbons (Fsp3) is 0.364. The van der Waals surface area contributed by atoms with E-state index in [-0.39, 0.29) is 17.4 Å². The Hall–Kier alpha value is -2.67. The largest absolute Gasteiger partial charge is 0.324 e. The van der Waals surface area contributed by atoms with Crippen molar-refractivity contribution >= 4 is 46.0 Å². The van der Waals surface area contributed by atoms with E-state index in [4.69, 9.17) is 4.98 Å². The molecule has 1 aliphatic carbocycles. The minimum atomic E-state index is -0.342. The van der Waals surface area contributed by atoms with Crippen molar-refractivity contribution in [2.45, 2.75) is 37.6 Å². The lowest BCUT2D eigenvalue weighted by molar-refractivity contribution is -0.120. The van der Waals surface area contributed by atoms with Crippen molar-refractivity contribution in [3.8, 4) is 0 Å². The average Bonchev–Trinajstić information content (AvgIpc) is 3.29. The molecule has 1 N–H and O–H groups in total. The molecule has 1 atom stereocenters. The zero-order chi connectivity index (χ0) is 19.6. The van der Waals surface area contributed by atoms with Gasteiger partial charge in [0.1, 0.15) is 5.82 Å². The molecule has 2 fully saturated rings. The van der Waals surface area contributed by atoms with Crippen LogP contribution in [-0.4, -0.2) is 38.4 Å². The summed E-state index contributed by atoms with van der Waals surface area (Å²) in [5.74, 6) is 3.69. The van der Waals surface area contributed by atoms with Crippen LogP contribution in [0.2, 0.25) is 0 Å². The second-order valence-corrected chi connectivity index (χ2v) is 9.34. The lowest BCUT2D eigenvalue weighted by Gasteiger charge is -2.24. The number of nitrogens with zero attached hydrogens (tertiary/aromatic N) is 4. The first-order chi connectivity index (χ1) is 14.2. The minimum Gasteiger partial charge on any atom is -0.324 e. The van der Waals surface area contributed by atoms with Crippen LogP contribution in [0.4, 0.5) is 17.5 Å². The van der Waals surface area contributed by atoms with Gasteiger partial charge in [-0.15, -0.1) is 0 Å². The van der Waals surface area contributed by atoms with Crippen molar-refractivity contribution in [1.82, 2.24) is 15.0 Å². The number of thioether (sulfide) groups is 1. The van der Waals surface area contributed by atoms with Gasteiger partial charge in [0.25, 0.3) is 0 Å². The molecule has 1 saturated heterocycles. The van der Waals surface area contributed by atoms with E-state index in [9.17, 15) is 4.79 Å². The molecule has 0 bridgehead atoms. The normalized spacial score (nSPS) is 21.8. The summed E-state index contributed by atoms with van der Waals surface area (Å²) in [6.07, 6.45) is 6.55. The maximum Gasteiger partial charge on any atom is 0.239 e. The number of hydrogen-bond acceptors (Lipinski definition) is 6. The van der Waals surface area contributed by atoms with E-state index in [1.54, 1.807) is 6.20 Å². The van der Waals surface area contributed by atoms with Crippen LogP contribution >= 0.6 is 11.8 Å². The van der Waals surface area contributed by atoms with Gasteiger partial charge in [-0.05, 0) is 55.7 Å². The quantitative estimate of drug-likeness (QED) is 0.714. The smallest absolute Gasteiger partial charge is 0.239 e. The Morgan fingerprint density at radius 2 is 2.17 bits per heavy atom. The van der Waals surface area contributed by atoms with Crippen LogP contribution in [0, 0.1) is 6.92 Å². The molecule has 6 rings (SSSR count). The number of fused-ring (bicyclic) bond motifs is 3. The lowest BCUT2D eigenvalue weighted by atomic mass is 10.0. The van der Waals surface area contributed by atoms with Gasteiger partial charge >= 0.3 is 0 Å². The van der Waals surface area contributed by atoms with Crippen molar-refractivity contribution in [3.63, 3.8) is 0 Å². The molecule has 3 aromatic rings. The van der Waals surface area contributed by atoms with Gasteiger partial charge < -0.3 is 5.32 Å². The summed E-state index contributed by atoms with van der Waals surface area (Å²) in [6.45, 7) is 2.05. The van der Waals surface area contributed by atoms with Crippen LogP contribution in [-0.2, 0) is 10.2 Å². The van der Waals surface area contributed by atoms with Crippen molar-refractivity contribution in [2.75, 3.05) is 21.7 Å². The topological polar surface area (TPSA) is 71.0 Å². The Balaban J connectivity index is 1.39. The third-order valence-electron chi connectivity index (χ3n) is 6.36. The number of anilines is 3. The molecule has 2 aliphatic heterocycles. The van der Waals surface area contributed by atoms with E-state index in [0.717, 1.165) is 64.3 Å². The second-order valence-electron chi connectivity index (χ2n) is 8.19. The highest BCUT2D eigenvalue weighted by Crippen LogP contribution is 2.57. The number of aromatic nitrogens is 3. The summed E-state index contributed by atoms with van der Waals surface area (Å²) in [4.78, 5) is 29.0. The van der Waals surface area contributed by atoms with Gasteiger partial charge in [0.05, 0.1) is 10.9 Å². The zero-order valence-corrected chi connectivity index (χ0v) is 17.0. The lowest BCUT2D eigenvalue weighted by Crippen LogP contribution is -2.41. The molecule has 29 heavy (non-hydrogen) atoms. The summed E-state index contributed by atoms with van der Waals surface area (Å²) in [7, 11) is 0. The molecular formula is C22H21N5OS. The molecule has 0 radical (unpaired) electrons. The molecule has 2 aromatic heterocycles. The van der Waals surface area contributed by atoms with Gasteiger partial charge in [-0.1, -0.05) is 6.07 Å². The maximum absolute atomic E-state index is 13.2. The first kappa shape index (κ1) is 17.2. The highest BCUT2D eigenvalue weighted by atomic mass is 32.2. The number of rotatable bonds is 3. The molecule has 1 spiro atoms.